The van der Waals surface area contributed by atoms with Crippen LogP contribution in [-0.4, -0.2) is 39.2 Å². The third-order valence-electron chi connectivity index (χ3n) is 3.36. The summed E-state index contributed by atoms with van der Waals surface area (Å²) in [5.41, 5.74) is 6.21. The molecule has 1 amide bonds. The van der Waals surface area contributed by atoms with E-state index in [9.17, 15) is 4.79 Å². The van der Waals surface area contributed by atoms with E-state index >= 15 is 0 Å². The molecule has 0 saturated heterocycles. The average Bonchev–Trinajstić information content (AvgIpc) is 2.97. The molecular weight excluding hydrogens is 234 g/mol. The normalized spacial score (nSPS) is 16.6. The second-order valence-electron chi connectivity index (χ2n) is 4.86. The first-order valence-corrected chi connectivity index (χ1v) is 6.14. The van der Waals surface area contributed by atoms with Crippen molar-refractivity contribution in [3.8, 4) is 0 Å². The van der Waals surface area contributed by atoms with Crippen LogP contribution in [0.25, 0.3) is 0 Å². The smallest absolute Gasteiger partial charge is 0.241 e. The minimum atomic E-state index is -0.0901. The molecule has 0 spiro atoms. The number of aromatic nitrogens is 3. The quantitative estimate of drug-likeness (QED) is 0.579. The molecule has 7 nitrogen and oxygen atoms in total. The summed E-state index contributed by atoms with van der Waals surface area (Å²) in [6, 6.07) is 0. The standard InChI is InChI=1S/C11H19N5O2/c12-5-9-6-16(15-14-9)7-10(18)13-8-11(1-2-11)3-4-17/h6,17H,1-5,7-8,12H2,(H,13,18). The van der Waals surface area contributed by atoms with Crippen LogP contribution in [0.15, 0.2) is 6.20 Å². The summed E-state index contributed by atoms with van der Waals surface area (Å²) in [7, 11) is 0. The monoisotopic (exact) mass is 253 g/mol. The Kier molecular flexibility index (Phi) is 3.93. The maximum absolute atomic E-state index is 11.7. The highest BCUT2D eigenvalue weighted by atomic mass is 16.3. The summed E-state index contributed by atoms with van der Waals surface area (Å²) < 4.78 is 1.48. The number of aliphatic hydroxyl groups excluding tert-OH is 1. The van der Waals surface area contributed by atoms with Crippen LogP contribution in [0.3, 0.4) is 0 Å². The van der Waals surface area contributed by atoms with E-state index in [0.29, 0.717) is 18.8 Å². The van der Waals surface area contributed by atoms with E-state index in [-0.39, 0.29) is 24.5 Å². The van der Waals surface area contributed by atoms with Gasteiger partial charge in [0.2, 0.25) is 5.91 Å². The molecule has 1 heterocycles. The Morgan fingerprint density at radius 1 is 1.61 bits per heavy atom. The van der Waals surface area contributed by atoms with Gasteiger partial charge in [-0.1, -0.05) is 5.21 Å². The third-order valence-corrected chi connectivity index (χ3v) is 3.36. The fourth-order valence-corrected chi connectivity index (χ4v) is 1.93. The van der Waals surface area contributed by atoms with Crippen LogP contribution < -0.4 is 11.1 Å². The Hall–Kier alpha value is -1.47. The number of rotatable bonds is 7. The van der Waals surface area contributed by atoms with Gasteiger partial charge in [-0.05, 0) is 24.7 Å². The first kappa shape index (κ1) is 13.0. The van der Waals surface area contributed by atoms with Crippen molar-refractivity contribution >= 4 is 5.91 Å². The Bertz CT molecular complexity index is 413. The molecule has 0 radical (unpaired) electrons. The van der Waals surface area contributed by atoms with E-state index in [1.807, 2.05) is 0 Å². The molecule has 2 rings (SSSR count). The molecule has 4 N–H and O–H groups in total. The lowest BCUT2D eigenvalue weighted by molar-refractivity contribution is -0.122. The molecule has 0 aliphatic heterocycles. The molecule has 0 unspecified atom stereocenters. The second-order valence-corrected chi connectivity index (χ2v) is 4.86. The van der Waals surface area contributed by atoms with E-state index in [2.05, 4.69) is 15.6 Å². The summed E-state index contributed by atoms with van der Waals surface area (Å²) in [5, 5.41) is 19.4. The van der Waals surface area contributed by atoms with Crippen molar-refractivity contribution in [2.75, 3.05) is 13.2 Å². The number of amides is 1. The largest absolute Gasteiger partial charge is 0.396 e. The van der Waals surface area contributed by atoms with E-state index in [1.54, 1.807) is 6.20 Å². The molecule has 1 aliphatic carbocycles. The minimum absolute atomic E-state index is 0.0901. The highest BCUT2D eigenvalue weighted by Crippen LogP contribution is 2.47. The molecule has 0 atom stereocenters. The number of carbonyl (C=O) groups is 1. The zero-order valence-electron chi connectivity index (χ0n) is 10.3. The van der Waals surface area contributed by atoms with Crippen molar-refractivity contribution < 1.29 is 9.90 Å². The van der Waals surface area contributed by atoms with Gasteiger partial charge < -0.3 is 16.2 Å². The van der Waals surface area contributed by atoms with Crippen LogP contribution in [0.4, 0.5) is 0 Å². The number of aliphatic hydroxyl groups is 1. The van der Waals surface area contributed by atoms with Crippen LogP contribution in [0.1, 0.15) is 25.0 Å². The predicted molar refractivity (Wildman–Crippen MR) is 64.3 cm³/mol. The zero-order valence-corrected chi connectivity index (χ0v) is 10.3. The van der Waals surface area contributed by atoms with Gasteiger partial charge in [-0.25, -0.2) is 4.68 Å². The number of carbonyl (C=O) groups excluding carboxylic acids is 1. The lowest BCUT2D eigenvalue weighted by atomic mass is 10.0. The lowest BCUT2D eigenvalue weighted by Crippen LogP contribution is -2.33. The Labute approximate surface area is 105 Å². The predicted octanol–water partition coefficient (Wildman–Crippen LogP) is -0.984. The second kappa shape index (κ2) is 5.45. The highest BCUT2D eigenvalue weighted by Gasteiger charge is 2.41. The van der Waals surface area contributed by atoms with Crippen molar-refractivity contribution in [1.82, 2.24) is 20.3 Å². The van der Waals surface area contributed by atoms with Crippen LogP contribution in [0, 0.1) is 5.41 Å². The molecule has 1 saturated carbocycles. The summed E-state index contributed by atoms with van der Waals surface area (Å²) in [6.45, 7) is 1.28. The van der Waals surface area contributed by atoms with Crippen LogP contribution in [0.5, 0.6) is 0 Å². The molecule has 18 heavy (non-hydrogen) atoms. The molecule has 1 fully saturated rings. The lowest BCUT2D eigenvalue weighted by Gasteiger charge is -2.14. The number of nitrogens with two attached hydrogens (primary N) is 1. The number of nitrogens with zero attached hydrogens (tertiary/aromatic N) is 3. The zero-order chi connectivity index (χ0) is 13.0. The Balaban J connectivity index is 1.75. The van der Waals surface area contributed by atoms with Crippen molar-refractivity contribution in [3.63, 3.8) is 0 Å². The maximum atomic E-state index is 11.7. The molecule has 1 aromatic heterocycles. The van der Waals surface area contributed by atoms with E-state index in [0.717, 1.165) is 19.3 Å². The summed E-state index contributed by atoms with van der Waals surface area (Å²) >= 11 is 0. The van der Waals surface area contributed by atoms with Gasteiger partial charge in [0, 0.05) is 19.7 Å². The molecule has 0 aromatic carbocycles. The molecule has 1 aromatic rings. The van der Waals surface area contributed by atoms with Gasteiger partial charge in [-0.2, -0.15) is 0 Å². The van der Waals surface area contributed by atoms with Gasteiger partial charge in [-0.15, -0.1) is 5.10 Å². The maximum Gasteiger partial charge on any atom is 0.241 e. The van der Waals surface area contributed by atoms with Crippen molar-refractivity contribution in [1.29, 1.82) is 0 Å². The van der Waals surface area contributed by atoms with Crippen molar-refractivity contribution in [2.45, 2.75) is 32.4 Å². The minimum Gasteiger partial charge on any atom is -0.396 e. The molecule has 100 valence electrons. The van der Waals surface area contributed by atoms with Crippen LogP contribution >= 0.6 is 0 Å². The molecule has 1 aliphatic rings. The van der Waals surface area contributed by atoms with E-state index < -0.39 is 0 Å². The Morgan fingerprint density at radius 2 is 2.39 bits per heavy atom. The summed E-state index contributed by atoms with van der Waals surface area (Å²) in [6.07, 6.45) is 4.58. The number of hydrogen-bond acceptors (Lipinski definition) is 5. The van der Waals surface area contributed by atoms with Gasteiger partial charge in [0.1, 0.15) is 6.54 Å². The van der Waals surface area contributed by atoms with Crippen LogP contribution in [0.2, 0.25) is 0 Å². The first-order valence-electron chi connectivity index (χ1n) is 6.14. The Morgan fingerprint density at radius 3 is 2.94 bits per heavy atom. The highest BCUT2D eigenvalue weighted by molar-refractivity contribution is 5.75. The van der Waals surface area contributed by atoms with E-state index in [1.165, 1.54) is 4.68 Å². The first-order chi connectivity index (χ1) is 8.67. The van der Waals surface area contributed by atoms with Crippen molar-refractivity contribution in [2.24, 2.45) is 11.1 Å². The van der Waals surface area contributed by atoms with Gasteiger partial charge in [0.15, 0.2) is 0 Å². The van der Waals surface area contributed by atoms with Gasteiger partial charge in [0.25, 0.3) is 0 Å². The molecule has 7 heteroatoms. The topological polar surface area (TPSA) is 106 Å². The average molecular weight is 253 g/mol. The third kappa shape index (κ3) is 3.27. The van der Waals surface area contributed by atoms with Gasteiger partial charge in [0.05, 0.1) is 11.9 Å². The molecular formula is C11H19N5O2. The number of nitrogens with one attached hydrogen (secondary N) is 1. The van der Waals surface area contributed by atoms with Gasteiger partial charge >= 0.3 is 0 Å². The SMILES string of the molecule is NCc1cn(CC(=O)NCC2(CCO)CC2)nn1. The van der Waals surface area contributed by atoms with Crippen molar-refractivity contribution in [3.05, 3.63) is 11.9 Å². The fraction of sp³-hybridized carbons (Fsp3) is 0.727. The summed E-state index contributed by atoms with van der Waals surface area (Å²) in [4.78, 5) is 11.7. The fourth-order valence-electron chi connectivity index (χ4n) is 1.93. The van der Waals surface area contributed by atoms with Gasteiger partial charge in [-0.3, -0.25) is 4.79 Å². The van der Waals surface area contributed by atoms with E-state index in [4.69, 9.17) is 10.8 Å². The number of hydrogen-bond donors (Lipinski definition) is 3. The molecule has 0 bridgehead atoms. The summed E-state index contributed by atoms with van der Waals surface area (Å²) in [5.74, 6) is -0.0901. The van der Waals surface area contributed by atoms with Crippen LogP contribution in [-0.2, 0) is 17.9 Å².